The summed E-state index contributed by atoms with van der Waals surface area (Å²) in [5.41, 5.74) is 5.95. The molecule has 6 aliphatic rings. The molecule has 35 heteroatoms. The zero-order valence-corrected chi connectivity index (χ0v) is 46.3. The summed E-state index contributed by atoms with van der Waals surface area (Å²) in [6.45, 7) is -0.371. The van der Waals surface area contributed by atoms with Crippen molar-refractivity contribution in [3.63, 3.8) is 0 Å². The fraction of sp³-hybridized carbons (Fsp3) is 0.980. The topological polar surface area (TPSA) is 579 Å². The minimum atomic E-state index is -3.09. The largest absolute Gasteiger partial charge is 0.477 e. The summed E-state index contributed by atoms with van der Waals surface area (Å²) in [6.07, 6.45) is -56.5. The van der Waals surface area contributed by atoms with E-state index in [0.717, 1.165) is 0 Å². The Morgan fingerprint density at radius 2 is 1.01 bits per heavy atom. The molecule has 6 saturated heterocycles. The average Bonchev–Trinajstić information content (AvgIpc) is 3.26. The standard InChI is InChI=1S/C49H87NO34/c1-14-17(4)73-23(11-55)38(27(14)61)80-44-15(2)28(62)37(24(12-56)76-44)78-43(70)34(68)36(18(58)5-6-51)79-47-42(33(67)31(65)21(9-53)75-47)82-45-16(3)29(63)39(25(13-57)77-45)81-46-35(69)41(32(66)22(10-54)74-46)84-49(48(71)72)7-19(59)26(50)40(83-49)30(64)20(60)8-52/h14-47,51-70H,5-13,50H2,1-4H3,(H,71,72)/t14-,15+,16+,17+,18-,19-,20-,21-,22?,23?,24?,25?,26-,27?,28?,29?,30-,31-,32+,33?,34-,35+,36?,37-,38-,39-,40?,41?,42?,43+,44+,45+,46+,47-,49+/m1/s1. The highest BCUT2D eigenvalue weighted by molar-refractivity contribution is 5.76. The highest BCUT2D eigenvalue weighted by Gasteiger charge is 2.61. The van der Waals surface area contributed by atoms with E-state index in [1.165, 1.54) is 13.8 Å². The normalized spacial score (nSPS) is 47.3. The highest BCUT2D eigenvalue weighted by Crippen LogP contribution is 2.41. The van der Waals surface area contributed by atoms with Crippen molar-refractivity contribution in [2.24, 2.45) is 23.5 Å². The molecule has 0 aromatic carbocycles. The molecule has 0 bridgehead atoms. The van der Waals surface area contributed by atoms with E-state index in [4.69, 9.17) is 62.6 Å². The SMILES string of the molecule is C[C@@H]1OC(CO)[C@@H](O[C@@H]2OC(CO)[C@@H](O[C@H](O)[C@H](O)C(O[C@H]3O[C@H](CO)[C@@H](O)C(O)C3O[C@@H]3OC(CO)[C@@H](O[C@@H]4OC(CO)[C@H](O)C(O[C@]5(C(=O)O)C[C@@H](O)[C@@H](N)C([C@H](O)[C@H](O)CO)O5)[C@@H]4O)C(O)[C@@H]3C)[C@H](O)CCO)C(O)[C@@H]2C)C(O)[C@@H]1C. The van der Waals surface area contributed by atoms with E-state index in [9.17, 15) is 112 Å². The zero-order chi connectivity index (χ0) is 62.6. The minimum absolute atomic E-state index is 0.469. The van der Waals surface area contributed by atoms with E-state index in [2.05, 4.69) is 0 Å². The van der Waals surface area contributed by atoms with E-state index < -0.39 is 279 Å². The Hall–Kier alpha value is -1.85. The number of aliphatic hydroxyl groups is 20. The fourth-order valence-corrected chi connectivity index (χ4v) is 11.1. The first-order chi connectivity index (χ1) is 39.6. The number of carboxylic acids is 1. The first-order valence-electron chi connectivity index (χ1n) is 27.6. The molecule has 0 radical (unpaired) electrons. The van der Waals surface area contributed by atoms with E-state index in [1.807, 2.05) is 0 Å². The molecule has 0 spiro atoms. The lowest BCUT2D eigenvalue weighted by Crippen LogP contribution is -2.70. The summed E-state index contributed by atoms with van der Waals surface area (Å²) in [7, 11) is 0. The predicted molar refractivity (Wildman–Crippen MR) is 266 cm³/mol. The highest BCUT2D eigenvalue weighted by atomic mass is 16.8. The third-order valence-electron chi connectivity index (χ3n) is 16.6. The van der Waals surface area contributed by atoms with Crippen LogP contribution in [0.15, 0.2) is 0 Å². The summed E-state index contributed by atoms with van der Waals surface area (Å²) >= 11 is 0. The Morgan fingerprint density at radius 3 is 1.55 bits per heavy atom. The summed E-state index contributed by atoms with van der Waals surface area (Å²) in [5.74, 6) is -8.04. The van der Waals surface area contributed by atoms with Crippen LogP contribution in [0.2, 0.25) is 0 Å². The Labute approximate surface area is 480 Å². The predicted octanol–water partition coefficient (Wildman–Crippen LogP) is -12.2. The van der Waals surface area contributed by atoms with Gasteiger partial charge in [0.05, 0.1) is 82.3 Å². The van der Waals surface area contributed by atoms with E-state index >= 15 is 0 Å². The van der Waals surface area contributed by atoms with Crippen LogP contribution in [0.25, 0.3) is 0 Å². The molecule has 0 aromatic rings. The molecule has 492 valence electrons. The summed E-state index contributed by atoms with van der Waals surface area (Å²) < 4.78 is 69.8. The van der Waals surface area contributed by atoms with E-state index in [-0.39, 0.29) is 0 Å². The molecule has 12 unspecified atom stereocenters. The van der Waals surface area contributed by atoms with Crippen molar-refractivity contribution in [3.8, 4) is 0 Å². The second-order valence-corrected chi connectivity index (χ2v) is 22.3. The maximum absolute atomic E-state index is 12.9. The van der Waals surface area contributed by atoms with Gasteiger partial charge in [0.1, 0.15) is 116 Å². The van der Waals surface area contributed by atoms with E-state index in [1.54, 1.807) is 13.8 Å². The van der Waals surface area contributed by atoms with Crippen LogP contribution in [-0.2, 0) is 61.6 Å². The number of carboxylic acid groups (broad SMARTS) is 1. The fourth-order valence-electron chi connectivity index (χ4n) is 11.1. The number of rotatable bonds is 26. The molecule has 23 N–H and O–H groups in total. The molecule has 6 rings (SSSR count). The van der Waals surface area contributed by atoms with Gasteiger partial charge in [-0.3, -0.25) is 0 Å². The lowest BCUT2D eigenvalue weighted by Gasteiger charge is -2.51. The number of ether oxygens (including phenoxy) is 12. The lowest BCUT2D eigenvalue weighted by atomic mass is 9.88. The molecule has 84 heavy (non-hydrogen) atoms. The molecule has 35 nitrogen and oxygen atoms in total. The van der Waals surface area contributed by atoms with Gasteiger partial charge in [0.15, 0.2) is 31.5 Å². The van der Waals surface area contributed by atoms with Gasteiger partial charge in [-0.25, -0.2) is 4.79 Å². The van der Waals surface area contributed by atoms with Crippen molar-refractivity contribution in [1.29, 1.82) is 0 Å². The first kappa shape index (κ1) is 71.2. The van der Waals surface area contributed by atoms with Gasteiger partial charge in [-0.2, -0.15) is 0 Å². The molecule has 0 amide bonds. The van der Waals surface area contributed by atoms with Crippen LogP contribution in [-0.4, -0.2) is 355 Å². The molecule has 6 heterocycles. The minimum Gasteiger partial charge on any atom is -0.477 e. The molecule has 0 aliphatic carbocycles. The molecule has 0 aromatic heterocycles. The van der Waals surface area contributed by atoms with Gasteiger partial charge in [-0.1, -0.05) is 20.8 Å². The van der Waals surface area contributed by atoms with Crippen molar-refractivity contribution in [2.45, 2.75) is 236 Å². The van der Waals surface area contributed by atoms with Crippen LogP contribution in [0, 0.1) is 17.8 Å². The van der Waals surface area contributed by atoms with Gasteiger partial charge >= 0.3 is 5.97 Å². The summed E-state index contributed by atoms with van der Waals surface area (Å²) in [6, 6.07) is -1.59. The molecule has 6 fully saturated rings. The lowest BCUT2D eigenvalue weighted by molar-refractivity contribution is -0.395. The molecular formula is C49H87NO34. The number of carbonyl (C=O) groups is 1. The van der Waals surface area contributed by atoms with Gasteiger partial charge in [0.25, 0.3) is 5.79 Å². The Kier molecular flexibility index (Phi) is 26.1. The maximum Gasteiger partial charge on any atom is 0.364 e. The number of aliphatic carboxylic acids is 1. The average molecular weight is 1230 g/mol. The second kappa shape index (κ2) is 30.8. The van der Waals surface area contributed by atoms with Crippen molar-refractivity contribution in [2.75, 3.05) is 46.2 Å². The number of hydrogen-bond donors (Lipinski definition) is 22. The molecule has 35 atom stereocenters. The Morgan fingerprint density at radius 1 is 0.536 bits per heavy atom. The number of aliphatic hydroxyl groups excluding tert-OH is 20. The van der Waals surface area contributed by atoms with Crippen LogP contribution in [0.5, 0.6) is 0 Å². The van der Waals surface area contributed by atoms with Gasteiger partial charge in [-0.15, -0.1) is 0 Å². The van der Waals surface area contributed by atoms with Gasteiger partial charge < -0.3 is 170 Å². The summed E-state index contributed by atoms with van der Waals surface area (Å²) in [5, 5.41) is 227. The van der Waals surface area contributed by atoms with Gasteiger partial charge in [-0.05, 0) is 13.3 Å². The number of hydrogen-bond acceptors (Lipinski definition) is 34. The monoisotopic (exact) mass is 1230 g/mol. The van der Waals surface area contributed by atoms with Crippen LogP contribution < -0.4 is 5.73 Å². The van der Waals surface area contributed by atoms with Crippen molar-refractivity contribution < 1.29 is 169 Å². The van der Waals surface area contributed by atoms with Crippen LogP contribution >= 0.6 is 0 Å². The van der Waals surface area contributed by atoms with Crippen molar-refractivity contribution in [1.82, 2.24) is 0 Å². The summed E-state index contributed by atoms with van der Waals surface area (Å²) in [4.78, 5) is 12.9. The second-order valence-electron chi connectivity index (χ2n) is 22.3. The zero-order valence-electron chi connectivity index (χ0n) is 46.3. The van der Waals surface area contributed by atoms with E-state index in [0.29, 0.717) is 0 Å². The number of nitrogens with two attached hydrogens (primary N) is 1. The van der Waals surface area contributed by atoms with Crippen molar-refractivity contribution in [3.05, 3.63) is 0 Å². The van der Waals surface area contributed by atoms with Gasteiger partial charge in [0.2, 0.25) is 0 Å². The smallest absolute Gasteiger partial charge is 0.364 e. The Bertz CT molecular complexity index is 1990. The molecular weight excluding hydrogens is 1150 g/mol. The third-order valence-corrected chi connectivity index (χ3v) is 16.6. The third kappa shape index (κ3) is 15.1. The molecule has 6 aliphatic heterocycles. The maximum atomic E-state index is 12.9. The Balaban J connectivity index is 1.19. The van der Waals surface area contributed by atoms with Crippen LogP contribution in [0.1, 0.15) is 40.5 Å². The quantitative estimate of drug-likeness (QED) is 0.0358. The molecule has 0 saturated carbocycles. The van der Waals surface area contributed by atoms with Crippen LogP contribution in [0.3, 0.4) is 0 Å². The van der Waals surface area contributed by atoms with Crippen LogP contribution in [0.4, 0.5) is 0 Å². The first-order valence-corrected chi connectivity index (χ1v) is 27.6. The van der Waals surface area contributed by atoms with Gasteiger partial charge in [0, 0.05) is 30.8 Å². The van der Waals surface area contributed by atoms with Crippen molar-refractivity contribution >= 4 is 5.97 Å².